The minimum atomic E-state index is -4.39. The molecule has 1 aromatic carbocycles. The van der Waals surface area contributed by atoms with E-state index in [-0.39, 0.29) is 6.03 Å². The van der Waals surface area contributed by atoms with Gasteiger partial charge in [-0.3, -0.25) is 5.32 Å². The summed E-state index contributed by atoms with van der Waals surface area (Å²) in [6.45, 7) is 1.59. The number of piperazine rings is 1. The lowest BCUT2D eigenvalue weighted by Gasteiger charge is -2.36. The van der Waals surface area contributed by atoms with E-state index in [1.54, 1.807) is 11.0 Å². The molecule has 1 aliphatic rings. The van der Waals surface area contributed by atoms with Crippen molar-refractivity contribution in [3.63, 3.8) is 0 Å². The molecule has 1 fully saturated rings. The van der Waals surface area contributed by atoms with Gasteiger partial charge in [0.1, 0.15) is 6.33 Å². The van der Waals surface area contributed by atoms with Gasteiger partial charge in [-0.25, -0.2) is 14.8 Å². The standard InChI is InChI=1S/C18H17F3N6O2S/c1-29-14-13-15(23-10-22-14)30-16(24-13)25-17(28)27-7-5-26(6-8-27)12-4-2-3-11(9-12)18(19,20)21/h2-4,9-10H,5-8H2,1H3,(H,24,25,28). The number of hydrogen-bond acceptors (Lipinski definition) is 7. The summed E-state index contributed by atoms with van der Waals surface area (Å²) in [6, 6.07) is 4.88. The Balaban J connectivity index is 1.39. The number of hydrogen-bond donors (Lipinski definition) is 1. The monoisotopic (exact) mass is 438 g/mol. The van der Waals surface area contributed by atoms with Crippen LogP contribution in [0.3, 0.4) is 0 Å². The SMILES string of the molecule is COc1ncnc2sc(NC(=O)N3CCN(c4cccc(C(F)(F)F)c4)CC3)nc12. The Hall–Kier alpha value is -3.15. The van der Waals surface area contributed by atoms with Crippen LogP contribution in [-0.2, 0) is 6.18 Å². The van der Waals surface area contributed by atoms with Crippen molar-refractivity contribution in [1.82, 2.24) is 19.9 Å². The zero-order chi connectivity index (χ0) is 21.3. The van der Waals surface area contributed by atoms with Crippen molar-refractivity contribution in [2.24, 2.45) is 0 Å². The van der Waals surface area contributed by atoms with E-state index in [0.717, 1.165) is 12.1 Å². The van der Waals surface area contributed by atoms with Crippen LogP contribution in [0.15, 0.2) is 30.6 Å². The predicted molar refractivity (Wildman–Crippen MR) is 106 cm³/mol. The second-order valence-electron chi connectivity index (χ2n) is 6.51. The van der Waals surface area contributed by atoms with Gasteiger partial charge in [0.05, 0.1) is 12.7 Å². The molecule has 0 saturated carbocycles. The number of ether oxygens (including phenoxy) is 1. The minimum absolute atomic E-state index is 0.325. The number of halogens is 3. The molecule has 158 valence electrons. The molecule has 3 heterocycles. The van der Waals surface area contributed by atoms with E-state index in [1.807, 2.05) is 4.90 Å². The van der Waals surface area contributed by atoms with Crippen LogP contribution in [-0.4, -0.2) is 59.2 Å². The van der Waals surface area contributed by atoms with Crippen molar-refractivity contribution in [2.75, 3.05) is 43.5 Å². The maximum absolute atomic E-state index is 12.9. The second kappa shape index (κ2) is 7.94. The number of carbonyl (C=O) groups excluding carboxylic acids is 1. The number of rotatable bonds is 3. The molecule has 3 aromatic rings. The lowest BCUT2D eigenvalue weighted by Crippen LogP contribution is -2.50. The summed E-state index contributed by atoms with van der Waals surface area (Å²) in [5.41, 5.74) is 0.269. The molecule has 1 N–H and O–H groups in total. The van der Waals surface area contributed by atoms with Gasteiger partial charge in [-0.2, -0.15) is 18.2 Å². The quantitative estimate of drug-likeness (QED) is 0.674. The summed E-state index contributed by atoms with van der Waals surface area (Å²) in [7, 11) is 1.48. The lowest BCUT2D eigenvalue weighted by molar-refractivity contribution is -0.137. The van der Waals surface area contributed by atoms with Crippen molar-refractivity contribution in [2.45, 2.75) is 6.18 Å². The Labute approximate surface area is 173 Å². The third-order valence-electron chi connectivity index (χ3n) is 4.67. The molecule has 0 atom stereocenters. The first-order valence-electron chi connectivity index (χ1n) is 8.99. The van der Waals surface area contributed by atoms with E-state index in [4.69, 9.17) is 4.74 Å². The van der Waals surface area contributed by atoms with E-state index in [2.05, 4.69) is 20.3 Å². The Kier molecular flexibility index (Phi) is 5.33. The number of nitrogens with zero attached hydrogens (tertiary/aromatic N) is 5. The summed E-state index contributed by atoms with van der Waals surface area (Å²) < 4.78 is 43.9. The Morgan fingerprint density at radius 2 is 1.97 bits per heavy atom. The number of alkyl halides is 3. The van der Waals surface area contributed by atoms with Gasteiger partial charge >= 0.3 is 12.2 Å². The van der Waals surface area contributed by atoms with Crippen molar-refractivity contribution in [1.29, 1.82) is 0 Å². The van der Waals surface area contributed by atoms with Crippen LogP contribution in [0.5, 0.6) is 5.88 Å². The number of aromatic nitrogens is 3. The van der Waals surface area contributed by atoms with Crippen LogP contribution in [0, 0.1) is 0 Å². The van der Waals surface area contributed by atoms with Crippen molar-refractivity contribution in [3.05, 3.63) is 36.2 Å². The molecule has 4 rings (SSSR count). The highest BCUT2D eigenvalue weighted by molar-refractivity contribution is 7.22. The van der Waals surface area contributed by atoms with Crippen molar-refractivity contribution in [3.8, 4) is 5.88 Å². The van der Waals surface area contributed by atoms with Gasteiger partial charge in [0.15, 0.2) is 15.5 Å². The minimum Gasteiger partial charge on any atom is -0.479 e. The number of amides is 2. The number of thiazole rings is 1. The van der Waals surface area contributed by atoms with E-state index in [0.29, 0.717) is 53.2 Å². The average molecular weight is 438 g/mol. The molecule has 30 heavy (non-hydrogen) atoms. The molecule has 0 bridgehead atoms. The van der Waals surface area contributed by atoms with E-state index in [9.17, 15) is 18.0 Å². The largest absolute Gasteiger partial charge is 0.479 e. The Bertz CT molecular complexity index is 1070. The lowest BCUT2D eigenvalue weighted by atomic mass is 10.1. The van der Waals surface area contributed by atoms with Gasteiger partial charge < -0.3 is 14.5 Å². The molecule has 1 aliphatic heterocycles. The van der Waals surface area contributed by atoms with E-state index >= 15 is 0 Å². The van der Waals surface area contributed by atoms with Gasteiger partial charge in [0.25, 0.3) is 0 Å². The third kappa shape index (κ3) is 4.08. The number of fused-ring (bicyclic) bond motifs is 1. The van der Waals surface area contributed by atoms with E-state index < -0.39 is 11.7 Å². The fourth-order valence-corrected chi connectivity index (χ4v) is 3.94. The molecule has 12 heteroatoms. The van der Waals surface area contributed by atoms with Crippen LogP contribution in [0.1, 0.15) is 5.56 Å². The zero-order valence-corrected chi connectivity index (χ0v) is 16.6. The summed E-state index contributed by atoms with van der Waals surface area (Å²) in [5.74, 6) is 0.325. The summed E-state index contributed by atoms with van der Waals surface area (Å²) in [5, 5.41) is 3.11. The Morgan fingerprint density at radius 1 is 1.20 bits per heavy atom. The smallest absolute Gasteiger partial charge is 0.416 e. The molecule has 0 spiro atoms. The maximum atomic E-state index is 12.9. The van der Waals surface area contributed by atoms with Gasteiger partial charge in [0, 0.05) is 31.9 Å². The molecule has 2 aromatic heterocycles. The number of methoxy groups -OCH3 is 1. The fourth-order valence-electron chi connectivity index (χ4n) is 3.15. The molecule has 8 nitrogen and oxygen atoms in total. The fraction of sp³-hybridized carbons (Fsp3) is 0.333. The van der Waals surface area contributed by atoms with Crippen LogP contribution < -0.4 is 15.0 Å². The van der Waals surface area contributed by atoms with Crippen LogP contribution in [0.25, 0.3) is 10.3 Å². The molecule has 0 aliphatic carbocycles. The predicted octanol–water partition coefficient (Wildman–Crippen LogP) is 3.47. The molecular weight excluding hydrogens is 421 g/mol. The van der Waals surface area contributed by atoms with Gasteiger partial charge in [-0.15, -0.1) is 0 Å². The van der Waals surface area contributed by atoms with Crippen LogP contribution in [0.2, 0.25) is 0 Å². The summed E-state index contributed by atoms with van der Waals surface area (Å²) in [4.78, 5) is 29.0. The number of nitrogens with one attached hydrogen (secondary N) is 1. The first-order chi connectivity index (χ1) is 14.3. The third-order valence-corrected chi connectivity index (χ3v) is 5.55. The topological polar surface area (TPSA) is 83.5 Å². The molecule has 2 amide bonds. The molecule has 0 radical (unpaired) electrons. The first kappa shape index (κ1) is 20.1. The molecule has 0 unspecified atom stereocenters. The number of anilines is 2. The second-order valence-corrected chi connectivity index (χ2v) is 7.49. The molecule has 1 saturated heterocycles. The highest BCUT2D eigenvalue weighted by atomic mass is 32.1. The Morgan fingerprint density at radius 3 is 2.67 bits per heavy atom. The number of carbonyl (C=O) groups is 1. The highest BCUT2D eigenvalue weighted by Gasteiger charge is 2.31. The van der Waals surface area contributed by atoms with Crippen molar-refractivity contribution >= 4 is 38.5 Å². The average Bonchev–Trinajstić information content (AvgIpc) is 3.15. The normalized spacial score (nSPS) is 14.8. The van der Waals surface area contributed by atoms with Crippen LogP contribution in [0.4, 0.5) is 28.8 Å². The zero-order valence-electron chi connectivity index (χ0n) is 15.8. The van der Waals surface area contributed by atoms with Gasteiger partial charge in [0.2, 0.25) is 5.88 Å². The number of urea groups is 1. The van der Waals surface area contributed by atoms with Crippen LogP contribution >= 0.6 is 11.3 Å². The van der Waals surface area contributed by atoms with Gasteiger partial charge in [-0.1, -0.05) is 17.4 Å². The molecular formula is C18H17F3N6O2S. The number of benzene rings is 1. The first-order valence-corrected chi connectivity index (χ1v) is 9.80. The van der Waals surface area contributed by atoms with E-state index in [1.165, 1.54) is 30.8 Å². The summed E-state index contributed by atoms with van der Waals surface area (Å²) >= 11 is 1.20. The highest BCUT2D eigenvalue weighted by Crippen LogP contribution is 2.32. The maximum Gasteiger partial charge on any atom is 0.416 e. The van der Waals surface area contributed by atoms with Crippen molar-refractivity contribution < 1.29 is 22.7 Å². The van der Waals surface area contributed by atoms with Gasteiger partial charge in [-0.05, 0) is 18.2 Å². The summed E-state index contributed by atoms with van der Waals surface area (Å²) in [6.07, 6.45) is -3.03.